The number of benzene rings is 17. The number of para-hydroxylation sites is 6. The Morgan fingerprint density at radius 2 is 0.556 bits per heavy atom. The SMILES string of the molecule is c1ccc(-n2c3ccccc3c3cc(-c4ccc5c(c4)c4cc(-c6ccc(-n7c8ccccc8c8cc(-c9ccc%10c(c9)c9ccccc9n%10-c9cccc%10c9-c9ccccc9C%109c%10ccccc%10-c%10ccccc%109)ccc87)cc6)ccc4n5-c4cccc(-c5cccc6c5oc5ccccc56)c4)ccc32)cc1. The summed E-state index contributed by atoms with van der Waals surface area (Å²) in [5, 5.41) is 12.0. The van der Waals surface area contributed by atoms with Gasteiger partial charge >= 0.3 is 0 Å². The van der Waals surface area contributed by atoms with Crippen molar-refractivity contribution >= 4 is 109 Å². The molecule has 2 aliphatic rings. The van der Waals surface area contributed by atoms with Gasteiger partial charge in [-0.05, 0) is 205 Å². The summed E-state index contributed by atoms with van der Waals surface area (Å²) >= 11 is 0. The Hall–Kier alpha value is -14.3. The first-order valence-electron chi connectivity index (χ1n) is 37.4. The molecule has 5 heteroatoms. The number of furan rings is 1. The van der Waals surface area contributed by atoms with Crippen molar-refractivity contribution in [2.45, 2.75) is 5.41 Å². The lowest BCUT2D eigenvalue weighted by molar-refractivity contribution is 0.670. The largest absolute Gasteiger partial charge is 0.455 e. The van der Waals surface area contributed by atoms with E-state index in [-0.39, 0.29) is 0 Å². The minimum Gasteiger partial charge on any atom is -0.455 e. The predicted molar refractivity (Wildman–Crippen MR) is 449 cm³/mol. The minimum absolute atomic E-state index is 0.432. The van der Waals surface area contributed by atoms with E-state index in [1.165, 1.54) is 143 Å². The Labute approximate surface area is 621 Å². The first kappa shape index (κ1) is 59.2. The molecule has 0 saturated heterocycles. The molecule has 1 spiro atoms. The third-order valence-corrected chi connectivity index (χ3v) is 24.0. The number of rotatable bonds is 8. The smallest absolute Gasteiger partial charge is 0.143 e. The molecule has 0 fully saturated rings. The van der Waals surface area contributed by atoms with Crippen molar-refractivity contribution in [3.8, 4) is 89.5 Å². The highest BCUT2D eigenvalue weighted by Gasteiger charge is 2.52. The first-order chi connectivity index (χ1) is 53.6. The Balaban J connectivity index is 0.611. The van der Waals surface area contributed by atoms with E-state index in [9.17, 15) is 0 Å². The van der Waals surface area contributed by atoms with Gasteiger partial charge in [-0.3, -0.25) is 0 Å². The third kappa shape index (κ3) is 8.19. The van der Waals surface area contributed by atoms with E-state index < -0.39 is 5.41 Å². The van der Waals surface area contributed by atoms with E-state index in [1.807, 2.05) is 6.07 Å². The highest BCUT2D eigenvalue weighted by molar-refractivity contribution is 6.17. The molecule has 108 heavy (non-hydrogen) atoms. The van der Waals surface area contributed by atoms with Crippen LogP contribution < -0.4 is 0 Å². The molecule has 5 nitrogen and oxygen atoms in total. The van der Waals surface area contributed by atoms with Crippen molar-refractivity contribution in [1.29, 1.82) is 0 Å². The molecule has 5 heterocycles. The van der Waals surface area contributed by atoms with Gasteiger partial charge in [0.2, 0.25) is 0 Å². The van der Waals surface area contributed by atoms with Crippen LogP contribution in [0.3, 0.4) is 0 Å². The van der Waals surface area contributed by atoms with E-state index in [0.717, 1.165) is 77.9 Å². The van der Waals surface area contributed by atoms with Crippen LogP contribution in [-0.4, -0.2) is 18.3 Å². The first-order valence-corrected chi connectivity index (χ1v) is 37.4. The summed E-state index contributed by atoms with van der Waals surface area (Å²) in [5.41, 5.74) is 35.0. The lowest BCUT2D eigenvalue weighted by Crippen LogP contribution is -2.25. The molecule has 2 aliphatic carbocycles. The molecule has 0 radical (unpaired) electrons. The molecule has 17 aromatic carbocycles. The van der Waals surface area contributed by atoms with Crippen LogP contribution in [0, 0.1) is 0 Å². The molecule has 0 bridgehead atoms. The van der Waals surface area contributed by atoms with E-state index in [0.29, 0.717) is 0 Å². The molecule has 0 unspecified atom stereocenters. The second-order valence-corrected chi connectivity index (χ2v) is 29.4. The fourth-order valence-electron chi connectivity index (χ4n) is 19.4. The van der Waals surface area contributed by atoms with E-state index >= 15 is 0 Å². The average Bonchev–Trinajstić information content (AvgIpc) is 1.50. The monoisotopic (exact) mass is 1370 g/mol. The molecule has 0 N–H and O–H groups in total. The van der Waals surface area contributed by atoms with Crippen LogP contribution in [0.4, 0.5) is 0 Å². The zero-order chi connectivity index (χ0) is 70.5. The van der Waals surface area contributed by atoms with Gasteiger partial charge in [0, 0.05) is 82.1 Å². The molecular formula is C103H62N4O. The van der Waals surface area contributed by atoms with Gasteiger partial charge in [0.05, 0.1) is 55.2 Å². The third-order valence-electron chi connectivity index (χ3n) is 24.0. The molecule has 22 aromatic rings. The highest BCUT2D eigenvalue weighted by Crippen LogP contribution is 2.64. The summed E-state index contributed by atoms with van der Waals surface area (Å²) in [6.07, 6.45) is 0. The van der Waals surface area contributed by atoms with E-state index in [1.54, 1.807) is 0 Å². The van der Waals surface area contributed by atoms with E-state index in [4.69, 9.17) is 4.42 Å². The van der Waals surface area contributed by atoms with Crippen molar-refractivity contribution < 1.29 is 4.42 Å². The van der Waals surface area contributed by atoms with Crippen LogP contribution in [0.1, 0.15) is 22.3 Å². The Morgan fingerprint density at radius 3 is 1.12 bits per heavy atom. The van der Waals surface area contributed by atoms with Gasteiger partial charge < -0.3 is 22.7 Å². The summed E-state index contributed by atoms with van der Waals surface area (Å²) in [4.78, 5) is 0. The summed E-state index contributed by atoms with van der Waals surface area (Å²) < 4.78 is 16.4. The lowest BCUT2D eigenvalue weighted by atomic mass is 9.70. The lowest BCUT2D eigenvalue weighted by Gasteiger charge is -2.30. The maximum absolute atomic E-state index is 6.64. The maximum atomic E-state index is 6.64. The molecule has 0 saturated carbocycles. The number of nitrogens with zero attached hydrogens (tertiary/aromatic N) is 4. The second kappa shape index (κ2) is 22.4. The Kier molecular flexibility index (Phi) is 12.3. The van der Waals surface area contributed by atoms with E-state index in [2.05, 4.69) is 388 Å². The molecule has 500 valence electrons. The predicted octanol–water partition coefficient (Wildman–Crippen LogP) is 27.0. The quantitative estimate of drug-likeness (QED) is 0.149. The van der Waals surface area contributed by atoms with Crippen LogP contribution in [0.15, 0.2) is 381 Å². The fraction of sp³-hybridized carbons (Fsp3) is 0.00971. The van der Waals surface area contributed by atoms with Crippen molar-refractivity contribution in [3.05, 3.63) is 398 Å². The van der Waals surface area contributed by atoms with Crippen LogP contribution in [0.5, 0.6) is 0 Å². The summed E-state index contributed by atoms with van der Waals surface area (Å²) in [7, 11) is 0. The number of hydrogen-bond donors (Lipinski definition) is 0. The van der Waals surface area contributed by atoms with Gasteiger partial charge in [0.25, 0.3) is 0 Å². The van der Waals surface area contributed by atoms with Gasteiger partial charge in [0.15, 0.2) is 0 Å². The Bertz CT molecular complexity index is 7570. The molecule has 0 atom stereocenters. The van der Waals surface area contributed by atoms with Gasteiger partial charge in [-0.25, -0.2) is 0 Å². The van der Waals surface area contributed by atoms with Crippen LogP contribution >= 0.6 is 0 Å². The van der Waals surface area contributed by atoms with Crippen molar-refractivity contribution in [2.24, 2.45) is 0 Å². The molecule has 5 aromatic heterocycles. The van der Waals surface area contributed by atoms with Crippen LogP contribution in [0.2, 0.25) is 0 Å². The van der Waals surface area contributed by atoms with Gasteiger partial charge in [-0.1, -0.05) is 249 Å². The topological polar surface area (TPSA) is 32.9 Å². The summed E-state index contributed by atoms with van der Waals surface area (Å²) in [6.45, 7) is 0. The summed E-state index contributed by atoms with van der Waals surface area (Å²) in [5.74, 6) is 0. The fourth-order valence-corrected chi connectivity index (χ4v) is 19.4. The highest BCUT2D eigenvalue weighted by atomic mass is 16.3. The molecular weight excluding hydrogens is 1310 g/mol. The van der Waals surface area contributed by atoms with Crippen molar-refractivity contribution in [3.63, 3.8) is 0 Å². The van der Waals surface area contributed by atoms with Gasteiger partial charge in [0.1, 0.15) is 11.2 Å². The second-order valence-electron chi connectivity index (χ2n) is 29.4. The molecule has 24 rings (SSSR count). The van der Waals surface area contributed by atoms with Crippen LogP contribution in [-0.2, 0) is 5.41 Å². The van der Waals surface area contributed by atoms with Gasteiger partial charge in [-0.2, -0.15) is 0 Å². The zero-order valence-electron chi connectivity index (χ0n) is 58.5. The van der Waals surface area contributed by atoms with Crippen LogP contribution in [0.25, 0.3) is 199 Å². The van der Waals surface area contributed by atoms with Crippen molar-refractivity contribution in [1.82, 2.24) is 18.3 Å². The Morgan fingerprint density at radius 1 is 0.194 bits per heavy atom. The summed E-state index contributed by atoms with van der Waals surface area (Å²) in [6, 6.07) is 140. The maximum Gasteiger partial charge on any atom is 0.143 e. The van der Waals surface area contributed by atoms with Crippen molar-refractivity contribution in [2.75, 3.05) is 0 Å². The minimum atomic E-state index is -0.432. The normalized spacial score (nSPS) is 12.9. The zero-order valence-corrected chi connectivity index (χ0v) is 58.5. The molecule has 0 aliphatic heterocycles. The number of hydrogen-bond acceptors (Lipinski definition) is 1. The molecule has 0 amide bonds. The number of fused-ring (bicyclic) bond motifs is 25. The van der Waals surface area contributed by atoms with Gasteiger partial charge in [-0.15, -0.1) is 0 Å². The average molecular weight is 1370 g/mol. The standard InChI is InChI=1S/C103H62N4O/c1-2-22-70(23-3-1)104-91-38-14-7-27-76(91)82-60-66(46-53-94(82)104)68-48-55-97-86(62-68)85-58-64(45-52-96(85)106(97)72-24-18-21-69(57-72)73-32-19-33-80-79-30-10-17-42-100(79)108-102(73)80)63-43-50-71(51-44-63)105-92-39-15-8-28-77(92)83-59-65(47-54-95(83)105)67-49-56-98-84(61-67)78-29-9-16-40-93(78)107(98)99-41-20-37-90-101(99)81-31-6-13-36-89(81)103(90)87-34-11-4-25-74(87)75-26-5-12-35-88(75)103/h1-62H. The number of aromatic nitrogens is 4.